The average Bonchev–Trinajstić information content (AvgIpc) is 3.22. The second-order valence-corrected chi connectivity index (χ2v) is 10.0. The number of H-pyrrole nitrogens is 1. The minimum Gasteiger partial charge on any atom is -0.285 e. The van der Waals surface area contributed by atoms with Gasteiger partial charge in [0.05, 0.1) is 11.5 Å². The van der Waals surface area contributed by atoms with Crippen molar-refractivity contribution in [2.45, 2.75) is 17.2 Å². The van der Waals surface area contributed by atoms with Crippen molar-refractivity contribution in [3.8, 4) is 10.6 Å². The van der Waals surface area contributed by atoms with Crippen LogP contribution in [0, 0.1) is 5.82 Å². The predicted octanol–water partition coefficient (Wildman–Crippen LogP) is 2.49. The quantitative estimate of drug-likeness (QED) is 0.667. The van der Waals surface area contributed by atoms with Crippen molar-refractivity contribution >= 4 is 21.4 Å². The van der Waals surface area contributed by atoms with E-state index in [1.807, 2.05) is 4.90 Å². The van der Waals surface area contributed by atoms with Crippen LogP contribution in [-0.2, 0) is 16.6 Å². The van der Waals surface area contributed by atoms with E-state index in [0.29, 0.717) is 23.7 Å². The molecule has 4 rings (SSSR count). The summed E-state index contributed by atoms with van der Waals surface area (Å²) in [4.78, 5) is 13.9. The van der Waals surface area contributed by atoms with E-state index < -0.39 is 10.0 Å². The number of nitrogens with zero attached hydrogens (tertiary/aromatic N) is 3. The molecule has 0 bridgehead atoms. The van der Waals surface area contributed by atoms with E-state index in [-0.39, 0.29) is 22.3 Å². The Morgan fingerprint density at radius 1 is 1.07 bits per heavy atom. The first-order chi connectivity index (χ1) is 13.9. The standard InChI is InChI=1S/C19H19FN4O3S2/c20-15-4-2-14(3-5-15)12-23-10-1-11-24(13-23)29(26,27)19-9-7-17(28-19)16-6-8-18(25)22-21-16/h2-9H,1,10-13H2,(H,22,25). The molecule has 0 unspecified atom stereocenters. The Labute approximate surface area is 171 Å². The summed E-state index contributed by atoms with van der Waals surface area (Å²) in [7, 11) is -3.64. The van der Waals surface area contributed by atoms with Crippen molar-refractivity contribution in [1.29, 1.82) is 0 Å². The maximum absolute atomic E-state index is 13.1. The molecule has 1 fully saturated rings. The summed E-state index contributed by atoms with van der Waals surface area (Å²) in [6.45, 7) is 2.07. The van der Waals surface area contributed by atoms with E-state index in [2.05, 4.69) is 10.2 Å². The molecule has 0 aliphatic carbocycles. The van der Waals surface area contributed by atoms with Crippen LogP contribution in [0.15, 0.2) is 57.5 Å². The third-order valence-electron chi connectivity index (χ3n) is 4.67. The van der Waals surface area contributed by atoms with E-state index in [0.717, 1.165) is 29.9 Å². The second kappa shape index (κ2) is 8.15. The van der Waals surface area contributed by atoms with Crippen molar-refractivity contribution < 1.29 is 12.8 Å². The topological polar surface area (TPSA) is 86.4 Å². The number of hydrogen-bond acceptors (Lipinski definition) is 6. The highest BCUT2D eigenvalue weighted by Crippen LogP contribution is 2.31. The van der Waals surface area contributed by atoms with Crippen molar-refractivity contribution in [3.05, 3.63) is 70.3 Å². The molecular formula is C19H19FN4O3S2. The van der Waals surface area contributed by atoms with Gasteiger partial charge in [-0.25, -0.2) is 17.9 Å². The Hall–Kier alpha value is -2.40. The van der Waals surface area contributed by atoms with E-state index in [1.165, 1.54) is 22.5 Å². The third-order valence-corrected chi connectivity index (χ3v) is 8.07. The first kappa shape index (κ1) is 19.9. The summed E-state index contributed by atoms with van der Waals surface area (Å²) >= 11 is 1.12. The van der Waals surface area contributed by atoms with Gasteiger partial charge in [-0.1, -0.05) is 12.1 Å². The predicted molar refractivity (Wildman–Crippen MR) is 108 cm³/mol. The van der Waals surface area contributed by atoms with Gasteiger partial charge in [0.2, 0.25) is 0 Å². The largest absolute Gasteiger partial charge is 0.285 e. The van der Waals surface area contributed by atoms with Crippen molar-refractivity contribution in [3.63, 3.8) is 0 Å². The summed E-state index contributed by atoms with van der Waals surface area (Å²) in [6, 6.07) is 12.4. The SMILES string of the molecule is O=c1ccc(-c2ccc(S(=O)(=O)N3CCCN(Cc4ccc(F)cc4)C3)s2)n[nH]1. The molecule has 1 aromatic carbocycles. The Bertz CT molecular complexity index is 1140. The van der Waals surface area contributed by atoms with E-state index >= 15 is 0 Å². The number of aromatic amines is 1. The van der Waals surface area contributed by atoms with Gasteiger partial charge in [0.15, 0.2) is 0 Å². The zero-order valence-corrected chi connectivity index (χ0v) is 17.0. The smallest absolute Gasteiger partial charge is 0.264 e. The molecule has 7 nitrogen and oxygen atoms in total. The van der Waals surface area contributed by atoms with Gasteiger partial charge in [0, 0.05) is 25.7 Å². The lowest BCUT2D eigenvalue weighted by Gasteiger charge is -2.34. The molecule has 0 atom stereocenters. The molecular weight excluding hydrogens is 415 g/mol. The molecule has 10 heteroatoms. The summed E-state index contributed by atoms with van der Waals surface area (Å²) < 4.78 is 41.0. The highest BCUT2D eigenvalue weighted by molar-refractivity contribution is 7.91. The fourth-order valence-corrected chi connectivity index (χ4v) is 6.11. The fourth-order valence-electron chi connectivity index (χ4n) is 3.21. The lowest BCUT2D eigenvalue weighted by atomic mass is 10.2. The minimum atomic E-state index is -3.64. The molecule has 2 aromatic heterocycles. The first-order valence-electron chi connectivity index (χ1n) is 9.05. The molecule has 3 aromatic rings. The lowest BCUT2D eigenvalue weighted by Crippen LogP contribution is -2.46. The van der Waals surface area contributed by atoms with Crippen molar-refractivity contribution in [2.24, 2.45) is 0 Å². The number of sulfonamides is 1. The minimum absolute atomic E-state index is 0.240. The maximum Gasteiger partial charge on any atom is 0.264 e. The number of benzene rings is 1. The number of aromatic nitrogens is 2. The van der Waals surface area contributed by atoms with Gasteiger partial charge in [-0.15, -0.1) is 11.3 Å². The van der Waals surface area contributed by atoms with Crippen molar-refractivity contribution in [2.75, 3.05) is 19.8 Å². The molecule has 1 N–H and O–H groups in total. The van der Waals surface area contributed by atoms with Gasteiger partial charge in [-0.3, -0.25) is 9.69 Å². The van der Waals surface area contributed by atoms with Crippen LogP contribution in [0.1, 0.15) is 12.0 Å². The molecule has 1 aliphatic rings. The van der Waals surface area contributed by atoms with E-state index in [1.54, 1.807) is 30.3 Å². The monoisotopic (exact) mass is 434 g/mol. The Morgan fingerprint density at radius 3 is 2.59 bits per heavy atom. The zero-order valence-electron chi connectivity index (χ0n) is 15.4. The molecule has 1 aliphatic heterocycles. The Kier molecular flexibility index (Phi) is 5.59. The summed E-state index contributed by atoms with van der Waals surface area (Å²) in [5.74, 6) is -0.290. The summed E-state index contributed by atoms with van der Waals surface area (Å²) in [5.41, 5.74) is 1.15. The molecule has 29 heavy (non-hydrogen) atoms. The average molecular weight is 435 g/mol. The zero-order chi connectivity index (χ0) is 20.4. The van der Waals surface area contributed by atoms with Gasteiger partial charge in [-0.05, 0) is 42.3 Å². The molecule has 3 heterocycles. The number of nitrogens with one attached hydrogen (secondary N) is 1. The second-order valence-electron chi connectivity index (χ2n) is 6.78. The Balaban J connectivity index is 1.50. The van der Waals surface area contributed by atoms with Crippen LogP contribution in [0.25, 0.3) is 10.6 Å². The number of rotatable bonds is 5. The normalized spacial score (nSPS) is 16.2. The molecule has 0 amide bonds. The van der Waals surface area contributed by atoms with Crippen LogP contribution in [-0.4, -0.2) is 47.6 Å². The summed E-state index contributed by atoms with van der Waals surface area (Å²) in [5, 5.41) is 6.30. The number of hydrogen-bond donors (Lipinski definition) is 1. The highest BCUT2D eigenvalue weighted by atomic mass is 32.2. The van der Waals surface area contributed by atoms with Gasteiger partial charge < -0.3 is 0 Å². The van der Waals surface area contributed by atoms with Gasteiger partial charge in [-0.2, -0.15) is 9.40 Å². The maximum atomic E-state index is 13.1. The summed E-state index contributed by atoms with van der Waals surface area (Å²) in [6.07, 6.45) is 0.722. The number of thiophene rings is 1. The van der Waals surface area contributed by atoms with E-state index in [4.69, 9.17) is 0 Å². The fraction of sp³-hybridized carbons (Fsp3) is 0.263. The van der Waals surface area contributed by atoms with Crippen LogP contribution >= 0.6 is 11.3 Å². The van der Waals surface area contributed by atoms with Gasteiger partial charge in [0.25, 0.3) is 15.6 Å². The molecule has 152 valence electrons. The van der Waals surface area contributed by atoms with Crippen LogP contribution in [0.2, 0.25) is 0 Å². The van der Waals surface area contributed by atoms with Crippen LogP contribution in [0.4, 0.5) is 4.39 Å². The van der Waals surface area contributed by atoms with Crippen molar-refractivity contribution in [1.82, 2.24) is 19.4 Å². The molecule has 0 saturated carbocycles. The molecule has 0 radical (unpaired) electrons. The lowest BCUT2D eigenvalue weighted by molar-refractivity contribution is 0.140. The van der Waals surface area contributed by atoms with Gasteiger partial charge in [0.1, 0.15) is 15.7 Å². The third kappa shape index (κ3) is 4.45. The van der Waals surface area contributed by atoms with Crippen LogP contribution in [0.3, 0.4) is 0 Å². The van der Waals surface area contributed by atoms with Crippen LogP contribution in [0.5, 0.6) is 0 Å². The molecule has 0 spiro atoms. The van der Waals surface area contributed by atoms with Gasteiger partial charge >= 0.3 is 0 Å². The number of halogens is 1. The van der Waals surface area contributed by atoms with E-state index in [9.17, 15) is 17.6 Å². The highest BCUT2D eigenvalue weighted by Gasteiger charge is 2.30. The Morgan fingerprint density at radius 2 is 1.86 bits per heavy atom. The molecule has 1 saturated heterocycles. The van der Waals surface area contributed by atoms with Crippen LogP contribution < -0.4 is 5.56 Å². The first-order valence-corrected chi connectivity index (χ1v) is 11.3.